The number of aliphatic hydroxyl groups is 2. The monoisotopic (exact) mass is 330 g/mol. The molecule has 0 radical (unpaired) electrons. The molecule has 0 rings (SSSR count). The van der Waals surface area contributed by atoms with Crippen molar-refractivity contribution in [3.8, 4) is 0 Å². The van der Waals surface area contributed by atoms with Crippen molar-refractivity contribution in [3.05, 3.63) is 0 Å². The second-order valence-corrected chi connectivity index (χ2v) is 6.87. The van der Waals surface area contributed by atoms with Gasteiger partial charge in [-0.25, -0.2) is 0 Å². The van der Waals surface area contributed by atoms with Gasteiger partial charge < -0.3 is 14.9 Å². The minimum Gasteiger partial charge on any atom is -0.466 e. The number of carbonyl (C=O) groups excluding carboxylic acids is 1. The Morgan fingerprint density at radius 3 is 1.96 bits per heavy atom. The highest BCUT2D eigenvalue weighted by Crippen LogP contribution is 2.14. The van der Waals surface area contributed by atoms with E-state index in [0.717, 1.165) is 12.8 Å². The molecular formula is C19H38O4. The van der Waals surface area contributed by atoms with Crippen molar-refractivity contribution >= 4 is 5.97 Å². The summed E-state index contributed by atoms with van der Waals surface area (Å²) in [5, 5.41) is 18.6. The average molecular weight is 331 g/mol. The molecule has 0 bridgehead atoms. The van der Waals surface area contributed by atoms with E-state index in [1.54, 1.807) is 6.92 Å². The van der Waals surface area contributed by atoms with Gasteiger partial charge in [0.25, 0.3) is 0 Å². The summed E-state index contributed by atoms with van der Waals surface area (Å²) in [6.07, 6.45) is 13.6. The fourth-order valence-electron chi connectivity index (χ4n) is 2.58. The van der Waals surface area contributed by atoms with E-state index in [0.29, 0.717) is 19.3 Å². The number of unbranched alkanes of at least 4 members (excludes halogenated alkanes) is 9. The van der Waals surface area contributed by atoms with Crippen LogP contribution in [-0.2, 0) is 9.53 Å². The first-order valence-electron chi connectivity index (χ1n) is 9.50. The SMILES string of the molecule is CCCCCCCCCCCCC(=O)OCCC(C)(O)CCO. The smallest absolute Gasteiger partial charge is 0.305 e. The van der Waals surface area contributed by atoms with Crippen LogP contribution >= 0.6 is 0 Å². The molecule has 0 heterocycles. The molecule has 1 atom stereocenters. The van der Waals surface area contributed by atoms with Gasteiger partial charge in [-0.2, -0.15) is 0 Å². The Hall–Kier alpha value is -0.610. The Morgan fingerprint density at radius 1 is 0.913 bits per heavy atom. The summed E-state index contributed by atoms with van der Waals surface area (Å²) in [4.78, 5) is 11.6. The van der Waals surface area contributed by atoms with Crippen LogP contribution in [0.1, 0.15) is 97.3 Å². The van der Waals surface area contributed by atoms with Crippen LogP contribution in [-0.4, -0.2) is 35.0 Å². The molecule has 0 amide bonds. The van der Waals surface area contributed by atoms with Crippen LogP contribution in [0, 0.1) is 0 Å². The molecule has 138 valence electrons. The summed E-state index contributed by atoms with van der Waals surface area (Å²) in [5.41, 5.74) is -0.952. The Balaban J connectivity index is 3.34. The van der Waals surface area contributed by atoms with Crippen molar-refractivity contribution in [2.75, 3.05) is 13.2 Å². The third-order valence-corrected chi connectivity index (χ3v) is 4.29. The van der Waals surface area contributed by atoms with Crippen LogP contribution in [0.3, 0.4) is 0 Å². The summed E-state index contributed by atoms with van der Waals surface area (Å²) < 4.78 is 5.13. The number of hydrogen-bond acceptors (Lipinski definition) is 4. The number of aliphatic hydroxyl groups excluding tert-OH is 1. The van der Waals surface area contributed by atoms with Crippen molar-refractivity contribution in [2.45, 2.75) is 103 Å². The van der Waals surface area contributed by atoms with E-state index in [1.807, 2.05) is 0 Å². The molecule has 23 heavy (non-hydrogen) atoms. The summed E-state index contributed by atoms with van der Waals surface area (Å²) in [6, 6.07) is 0. The van der Waals surface area contributed by atoms with Crippen LogP contribution in [0.15, 0.2) is 0 Å². The second-order valence-electron chi connectivity index (χ2n) is 6.87. The summed E-state index contributed by atoms with van der Waals surface area (Å²) in [6.45, 7) is 4.06. The highest BCUT2D eigenvalue weighted by molar-refractivity contribution is 5.69. The van der Waals surface area contributed by atoms with Crippen LogP contribution in [0.2, 0.25) is 0 Å². The van der Waals surface area contributed by atoms with Gasteiger partial charge in [-0.3, -0.25) is 4.79 Å². The molecule has 2 N–H and O–H groups in total. The Labute approximate surface area is 142 Å². The zero-order chi connectivity index (χ0) is 17.4. The summed E-state index contributed by atoms with van der Waals surface area (Å²) >= 11 is 0. The standard InChI is InChI=1S/C19H38O4/c1-3-4-5-6-7-8-9-10-11-12-13-18(21)23-17-15-19(2,22)14-16-20/h20,22H,3-17H2,1-2H3. The number of ether oxygens (including phenoxy) is 1. The molecule has 1 unspecified atom stereocenters. The van der Waals surface area contributed by atoms with Gasteiger partial charge in [0.15, 0.2) is 0 Å². The lowest BCUT2D eigenvalue weighted by Crippen LogP contribution is -2.27. The molecule has 0 spiro atoms. The number of hydrogen-bond donors (Lipinski definition) is 2. The van der Waals surface area contributed by atoms with E-state index in [4.69, 9.17) is 9.84 Å². The van der Waals surface area contributed by atoms with Crippen LogP contribution in [0.25, 0.3) is 0 Å². The van der Waals surface area contributed by atoms with Crippen molar-refractivity contribution in [1.29, 1.82) is 0 Å². The number of carbonyl (C=O) groups is 1. The first-order chi connectivity index (χ1) is 11.0. The van der Waals surface area contributed by atoms with Gasteiger partial charge in [-0.1, -0.05) is 64.7 Å². The lowest BCUT2D eigenvalue weighted by Gasteiger charge is -2.21. The minimum absolute atomic E-state index is 0.0560. The highest BCUT2D eigenvalue weighted by atomic mass is 16.5. The van der Waals surface area contributed by atoms with Crippen molar-refractivity contribution in [3.63, 3.8) is 0 Å². The molecule has 0 saturated heterocycles. The maximum atomic E-state index is 11.6. The maximum absolute atomic E-state index is 11.6. The molecular weight excluding hydrogens is 292 g/mol. The van der Waals surface area contributed by atoms with Gasteiger partial charge in [0, 0.05) is 19.4 Å². The molecule has 0 saturated carbocycles. The van der Waals surface area contributed by atoms with Gasteiger partial charge in [-0.15, -0.1) is 0 Å². The Bertz CT molecular complexity index is 277. The van der Waals surface area contributed by atoms with Crippen LogP contribution in [0.5, 0.6) is 0 Å². The molecule has 0 aliphatic rings. The van der Waals surface area contributed by atoms with Gasteiger partial charge in [-0.05, 0) is 19.8 Å². The summed E-state index contributed by atoms with van der Waals surface area (Å²) in [7, 11) is 0. The summed E-state index contributed by atoms with van der Waals surface area (Å²) in [5.74, 6) is -0.177. The number of esters is 1. The lowest BCUT2D eigenvalue weighted by molar-refractivity contribution is -0.145. The number of rotatable bonds is 16. The Morgan fingerprint density at radius 2 is 1.43 bits per heavy atom. The van der Waals surface area contributed by atoms with Gasteiger partial charge in [0.1, 0.15) is 0 Å². The quantitative estimate of drug-likeness (QED) is 0.326. The van der Waals surface area contributed by atoms with E-state index in [-0.39, 0.29) is 19.2 Å². The average Bonchev–Trinajstić information content (AvgIpc) is 2.49. The van der Waals surface area contributed by atoms with E-state index >= 15 is 0 Å². The highest BCUT2D eigenvalue weighted by Gasteiger charge is 2.19. The second kappa shape index (κ2) is 14.9. The van der Waals surface area contributed by atoms with Gasteiger partial charge in [0.2, 0.25) is 0 Å². The van der Waals surface area contributed by atoms with E-state index < -0.39 is 5.60 Å². The zero-order valence-corrected chi connectivity index (χ0v) is 15.3. The maximum Gasteiger partial charge on any atom is 0.305 e. The van der Waals surface area contributed by atoms with E-state index in [1.165, 1.54) is 51.4 Å². The van der Waals surface area contributed by atoms with Gasteiger partial charge in [0.05, 0.1) is 12.2 Å². The molecule has 0 aromatic carbocycles. The Kier molecular flexibility index (Phi) is 14.6. The lowest BCUT2D eigenvalue weighted by atomic mass is 9.99. The molecule has 0 aromatic heterocycles. The van der Waals surface area contributed by atoms with E-state index in [2.05, 4.69) is 6.92 Å². The zero-order valence-electron chi connectivity index (χ0n) is 15.3. The predicted octanol–water partition coefficient (Wildman–Crippen LogP) is 4.36. The third kappa shape index (κ3) is 16.0. The minimum atomic E-state index is -0.952. The largest absolute Gasteiger partial charge is 0.466 e. The van der Waals surface area contributed by atoms with Crippen molar-refractivity contribution in [1.82, 2.24) is 0 Å². The van der Waals surface area contributed by atoms with Crippen LogP contribution in [0.4, 0.5) is 0 Å². The molecule has 0 aromatic rings. The molecule has 0 aliphatic heterocycles. The van der Waals surface area contributed by atoms with E-state index in [9.17, 15) is 9.90 Å². The first kappa shape index (κ1) is 22.4. The first-order valence-corrected chi connectivity index (χ1v) is 9.50. The fraction of sp³-hybridized carbons (Fsp3) is 0.947. The molecule has 0 aliphatic carbocycles. The fourth-order valence-corrected chi connectivity index (χ4v) is 2.58. The molecule has 4 nitrogen and oxygen atoms in total. The molecule has 0 fully saturated rings. The van der Waals surface area contributed by atoms with Crippen molar-refractivity contribution in [2.24, 2.45) is 0 Å². The molecule has 4 heteroatoms. The topological polar surface area (TPSA) is 66.8 Å². The predicted molar refractivity (Wildman–Crippen MR) is 94.4 cm³/mol. The normalized spacial score (nSPS) is 13.7. The van der Waals surface area contributed by atoms with Gasteiger partial charge >= 0.3 is 5.97 Å². The van der Waals surface area contributed by atoms with Crippen LogP contribution < -0.4 is 0 Å². The third-order valence-electron chi connectivity index (χ3n) is 4.29. The van der Waals surface area contributed by atoms with Crippen molar-refractivity contribution < 1.29 is 19.7 Å².